The van der Waals surface area contributed by atoms with E-state index in [4.69, 9.17) is 4.74 Å². The summed E-state index contributed by atoms with van der Waals surface area (Å²) in [7, 11) is 2.59. The number of non-ortho nitro benzene ring substituents is 1. The fourth-order valence-corrected chi connectivity index (χ4v) is 2.08. The van der Waals surface area contributed by atoms with Gasteiger partial charge in [-0.3, -0.25) is 25.7 Å². The maximum atomic E-state index is 12.1. The number of hydrogen-bond donors (Lipinski definition) is 1. The van der Waals surface area contributed by atoms with E-state index in [-0.39, 0.29) is 5.56 Å². The SMILES string of the molecule is COC(=O)/C(=N\Nc1ccc(OC)cc1)c1ccc([N+](=O)[O-])cc1[N+](=O)[O-]. The van der Waals surface area contributed by atoms with Crippen LogP contribution in [0.15, 0.2) is 47.6 Å². The Bertz CT molecular complexity index is 909. The second-order valence-electron chi connectivity index (χ2n) is 5.01. The van der Waals surface area contributed by atoms with E-state index in [0.29, 0.717) is 11.4 Å². The summed E-state index contributed by atoms with van der Waals surface area (Å²) < 4.78 is 9.64. The molecule has 2 rings (SSSR count). The summed E-state index contributed by atoms with van der Waals surface area (Å²) in [6.07, 6.45) is 0. The number of hydrogen-bond acceptors (Lipinski definition) is 9. The minimum Gasteiger partial charge on any atom is -0.497 e. The topological polar surface area (TPSA) is 146 Å². The molecule has 0 saturated heterocycles. The number of esters is 1. The van der Waals surface area contributed by atoms with E-state index in [2.05, 4.69) is 15.3 Å². The molecule has 1 N–H and O–H groups in total. The molecule has 0 amide bonds. The Labute approximate surface area is 152 Å². The third kappa shape index (κ3) is 4.54. The molecule has 27 heavy (non-hydrogen) atoms. The molecule has 0 atom stereocenters. The molecule has 11 nitrogen and oxygen atoms in total. The lowest BCUT2D eigenvalue weighted by Gasteiger charge is -2.07. The molecule has 0 unspecified atom stereocenters. The standard InChI is InChI=1S/C16H14N4O7/c1-26-12-6-3-10(4-7-12)17-18-15(16(21)27-2)13-8-5-11(19(22)23)9-14(13)20(24)25/h3-9,17H,1-2H3/b18-15-. The fourth-order valence-electron chi connectivity index (χ4n) is 2.08. The second-order valence-corrected chi connectivity index (χ2v) is 5.01. The van der Waals surface area contributed by atoms with Crippen LogP contribution in [0.5, 0.6) is 5.75 Å². The minimum atomic E-state index is -0.951. The molecule has 2 aromatic rings. The van der Waals surface area contributed by atoms with Gasteiger partial charge in [0.15, 0.2) is 5.71 Å². The molecule has 11 heteroatoms. The Morgan fingerprint density at radius 1 is 1.04 bits per heavy atom. The smallest absolute Gasteiger partial charge is 0.359 e. The molecule has 0 aromatic heterocycles. The summed E-state index contributed by atoms with van der Waals surface area (Å²) in [5, 5.41) is 26.0. The van der Waals surface area contributed by atoms with Gasteiger partial charge in [0.1, 0.15) is 5.75 Å². The van der Waals surface area contributed by atoms with Crippen LogP contribution >= 0.6 is 0 Å². The van der Waals surface area contributed by atoms with Gasteiger partial charge in [0.05, 0.1) is 41.4 Å². The van der Waals surface area contributed by atoms with Crippen LogP contribution in [0, 0.1) is 20.2 Å². The van der Waals surface area contributed by atoms with E-state index < -0.39 is 32.9 Å². The van der Waals surface area contributed by atoms with Crippen LogP contribution in [0.2, 0.25) is 0 Å². The zero-order valence-electron chi connectivity index (χ0n) is 14.2. The number of carbonyl (C=O) groups excluding carboxylic acids is 1. The van der Waals surface area contributed by atoms with Crippen molar-refractivity contribution in [3.63, 3.8) is 0 Å². The molecule has 0 spiro atoms. The molecule has 0 bridgehead atoms. The first-order chi connectivity index (χ1) is 12.9. The lowest BCUT2D eigenvalue weighted by Crippen LogP contribution is -2.20. The van der Waals surface area contributed by atoms with Gasteiger partial charge in [0.25, 0.3) is 11.4 Å². The van der Waals surface area contributed by atoms with Gasteiger partial charge in [-0.2, -0.15) is 5.10 Å². The van der Waals surface area contributed by atoms with Crippen LogP contribution in [0.1, 0.15) is 5.56 Å². The third-order valence-corrected chi connectivity index (χ3v) is 3.41. The largest absolute Gasteiger partial charge is 0.497 e. The van der Waals surface area contributed by atoms with Crippen molar-refractivity contribution < 1.29 is 24.1 Å². The van der Waals surface area contributed by atoms with E-state index >= 15 is 0 Å². The number of methoxy groups -OCH3 is 2. The van der Waals surface area contributed by atoms with Crippen molar-refractivity contribution >= 4 is 28.7 Å². The van der Waals surface area contributed by atoms with Crippen LogP contribution in [0.25, 0.3) is 0 Å². The zero-order valence-corrected chi connectivity index (χ0v) is 14.2. The predicted octanol–water partition coefficient (Wildman–Crippen LogP) is 2.50. The van der Waals surface area contributed by atoms with Crippen LogP contribution in [-0.4, -0.2) is 35.7 Å². The Morgan fingerprint density at radius 2 is 1.70 bits per heavy atom. The minimum absolute atomic E-state index is 0.224. The summed E-state index contributed by atoms with van der Waals surface area (Å²) in [6, 6.07) is 9.37. The van der Waals surface area contributed by atoms with Gasteiger partial charge < -0.3 is 9.47 Å². The molecule has 0 radical (unpaired) electrons. The Morgan fingerprint density at radius 3 is 2.22 bits per heavy atom. The van der Waals surface area contributed by atoms with Crippen molar-refractivity contribution in [1.29, 1.82) is 0 Å². The molecule has 0 saturated carbocycles. The molecule has 0 aliphatic rings. The highest BCUT2D eigenvalue weighted by molar-refractivity contribution is 6.44. The number of nitro groups is 2. The van der Waals surface area contributed by atoms with Crippen molar-refractivity contribution in [2.45, 2.75) is 0 Å². The van der Waals surface area contributed by atoms with Gasteiger partial charge in [0.2, 0.25) is 0 Å². The van der Waals surface area contributed by atoms with Gasteiger partial charge in [0, 0.05) is 6.07 Å². The van der Waals surface area contributed by atoms with Gasteiger partial charge in [-0.05, 0) is 30.3 Å². The average molecular weight is 374 g/mol. The van der Waals surface area contributed by atoms with Gasteiger partial charge >= 0.3 is 5.97 Å². The number of rotatable bonds is 7. The molecular weight excluding hydrogens is 360 g/mol. The quantitative estimate of drug-likeness (QED) is 0.336. The summed E-state index contributed by atoms with van der Waals surface area (Å²) in [6.45, 7) is 0. The van der Waals surface area contributed by atoms with E-state index in [9.17, 15) is 25.0 Å². The van der Waals surface area contributed by atoms with Gasteiger partial charge in [-0.25, -0.2) is 4.79 Å². The first kappa shape index (κ1) is 19.3. The molecule has 0 fully saturated rings. The zero-order chi connectivity index (χ0) is 20.0. The van der Waals surface area contributed by atoms with Crippen LogP contribution < -0.4 is 10.2 Å². The molecule has 0 aliphatic heterocycles. The third-order valence-electron chi connectivity index (χ3n) is 3.41. The highest BCUT2D eigenvalue weighted by atomic mass is 16.6. The lowest BCUT2D eigenvalue weighted by atomic mass is 10.1. The van der Waals surface area contributed by atoms with Crippen LogP contribution in [0.3, 0.4) is 0 Å². The maximum absolute atomic E-state index is 12.1. The van der Waals surface area contributed by atoms with Crippen LogP contribution in [-0.2, 0) is 9.53 Å². The highest BCUT2D eigenvalue weighted by Crippen LogP contribution is 2.26. The number of nitrogens with zero attached hydrogens (tertiary/aromatic N) is 3. The highest BCUT2D eigenvalue weighted by Gasteiger charge is 2.27. The van der Waals surface area contributed by atoms with Crippen molar-refractivity contribution in [2.75, 3.05) is 19.6 Å². The van der Waals surface area contributed by atoms with Crippen molar-refractivity contribution in [1.82, 2.24) is 0 Å². The monoisotopic (exact) mass is 374 g/mol. The summed E-state index contributed by atoms with van der Waals surface area (Å²) in [4.78, 5) is 32.6. The average Bonchev–Trinajstić information content (AvgIpc) is 2.68. The number of benzene rings is 2. The van der Waals surface area contributed by atoms with Crippen molar-refractivity contribution in [3.05, 3.63) is 68.3 Å². The summed E-state index contributed by atoms with van der Waals surface area (Å²) in [5.41, 5.74) is 1.29. The van der Waals surface area contributed by atoms with E-state index in [1.54, 1.807) is 24.3 Å². The first-order valence-corrected chi connectivity index (χ1v) is 7.36. The van der Waals surface area contributed by atoms with Gasteiger partial charge in [-0.1, -0.05) is 0 Å². The molecule has 0 aliphatic carbocycles. The number of anilines is 1. The first-order valence-electron chi connectivity index (χ1n) is 7.36. The number of nitro benzene ring substituents is 2. The molecular formula is C16H14N4O7. The van der Waals surface area contributed by atoms with Gasteiger partial charge in [-0.15, -0.1) is 0 Å². The summed E-state index contributed by atoms with van der Waals surface area (Å²) >= 11 is 0. The van der Waals surface area contributed by atoms with Crippen molar-refractivity contribution in [2.24, 2.45) is 5.10 Å². The van der Waals surface area contributed by atoms with Crippen LogP contribution in [0.4, 0.5) is 17.1 Å². The molecule has 0 heterocycles. The Kier molecular flexibility index (Phi) is 5.99. The number of nitrogens with one attached hydrogen (secondary N) is 1. The maximum Gasteiger partial charge on any atom is 0.359 e. The Balaban J connectivity index is 2.47. The lowest BCUT2D eigenvalue weighted by molar-refractivity contribution is -0.394. The van der Waals surface area contributed by atoms with E-state index in [1.807, 2.05) is 0 Å². The fraction of sp³-hybridized carbons (Fsp3) is 0.125. The normalized spacial score (nSPS) is 10.8. The van der Waals surface area contributed by atoms with Crippen molar-refractivity contribution in [3.8, 4) is 5.75 Å². The molecule has 140 valence electrons. The Hall–Kier alpha value is -4.02. The molecule has 2 aromatic carbocycles. The van der Waals surface area contributed by atoms with E-state index in [0.717, 1.165) is 25.3 Å². The van der Waals surface area contributed by atoms with E-state index in [1.165, 1.54) is 7.11 Å². The predicted molar refractivity (Wildman–Crippen MR) is 94.9 cm³/mol. The number of carbonyl (C=O) groups is 1. The summed E-state index contributed by atoms with van der Waals surface area (Å²) in [5.74, 6) is -0.350. The number of hydrazone groups is 1. The second kappa shape index (κ2) is 8.38. The number of ether oxygens (including phenoxy) is 2.